The van der Waals surface area contributed by atoms with Crippen LogP contribution in [0.3, 0.4) is 0 Å². The van der Waals surface area contributed by atoms with Gasteiger partial charge in [-0.2, -0.15) is 0 Å². The summed E-state index contributed by atoms with van der Waals surface area (Å²) in [5, 5.41) is 0. The largest absolute Gasteiger partial charge is 0.517 e. The maximum Gasteiger partial charge on any atom is 0.298 e. The summed E-state index contributed by atoms with van der Waals surface area (Å²) in [6, 6.07) is 1.02. The molecule has 0 heterocycles. The lowest BCUT2D eigenvalue weighted by molar-refractivity contribution is -0.145. The molecule has 2 rings (SSSR count). The molecule has 0 amide bonds. The summed E-state index contributed by atoms with van der Waals surface area (Å²) < 4.78 is 11.8. The first-order chi connectivity index (χ1) is 10.1. The van der Waals surface area contributed by atoms with E-state index >= 15 is 0 Å². The SMILES string of the molecule is CC(C)O[Si]C1CC2(C(=O)O[Si](C)CC(C)(C)C)CCC1C2. The third-order valence-electron chi connectivity index (χ3n) is 4.76. The Bertz CT molecular complexity index is 405. The van der Waals surface area contributed by atoms with Crippen molar-refractivity contribution < 1.29 is 13.6 Å². The predicted molar refractivity (Wildman–Crippen MR) is 92.1 cm³/mol. The number of carbonyl (C=O) groups excluding carboxylic acids is 1. The molecule has 3 atom stereocenters. The fourth-order valence-corrected chi connectivity index (χ4v) is 7.46. The molecular weight excluding hydrogens is 308 g/mol. The molecular formula is C17H31O3Si2. The van der Waals surface area contributed by atoms with E-state index in [0.717, 1.165) is 25.3 Å². The van der Waals surface area contributed by atoms with Crippen molar-refractivity contribution in [2.75, 3.05) is 0 Å². The normalized spacial score (nSPS) is 31.3. The lowest BCUT2D eigenvalue weighted by Gasteiger charge is -2.30. The zero-order chi connectivity index (χ0) is 16.5. The number of carbonyl (C=O) groups is 1. The minimum Gasteiger partial charge on any atom is -0.517 e. The summed E-state index contributed by atoms with van der Waals surface area (Å²) in [6.45, 7) is 13.0. The van der Waals surface area contributed by atoms with Crippen molar-refractivity contribution in [3.8, 4) is 0 Å². The van der Waals surface area contributed by atoms with E-state index in [1.807, 2.05) is 0 Å². The van der Waals surface area contributed by atoms with Gasteiger partial charge in [0.2, 0.25) is 9.76 Å². The van der Waals surface area contributed by atoms with Gasteiger partial charge in [0.05, 0.1) is 5.41 Å². The van der Waals surface area contributed by atoms with Gasteiger partial charge < -0.3 is 8.85 Å². The fourth-order valence-electron chi connectivity index (χ4n) is 3.96. The summed E-state index contributed by atoms with van der Waals surface area (Å²) in [7, 11) is -0.488. The minimum absolute atomic E-state index is 0.104. The van der Waals surface area contributed by atoms with E-state index in [1.165, 1.54) is 6.42 Å². The van der Waals surface area contributed by atoms with Crippen molar-refractivity contribution in [3.63, 3.8) is 0 Å². The Balaban J connectivity index is 1.90. The lowest BCUT2D eigenvalue weighted by Crippen LogP contribution is -2.35. The number of hydrogen-bond acceptors (Lipinski definition) is 3. The molecule has 3 nitrogen and oxygen atoms in total. The molecule has 0 saturated heterocycles. The third-order valence-corrected chi connectivity index (χ3v) is 8.44. The molecule has 3 unspecified atom stereocenters. The van der Waals surface area contributed by atoms with Crippen molar-refractivity contribution in [2.45, 2.75) is 84.5 Å². The van der Waals surface area contributed by atoms with Gasteiger partial charge in [-0.1, -0.05) is 20.8 Å². The molecule has 2 fully saturated rings. The molecule has 0 aromatic heterocycles. The van der Waals surface area contributed by atoms with Crippen LogP contribution in [0.2, 0.25) is 18.1 Å². The molecule has 2 bridgehead atoms. The van der Waals surface area contributed by atoms with Crippen molar-refractivity contribution in [2.24, 2.45) is 16.7 Å². The molecule has 0 aliphatic heterocycles. The Morgan fingerprint density at radius 3 is 2.64 bits per heavy atom. The van der Waals surface area contributed by atoms with Crippen LogP contribution in [0.5, 0.6) is 0 Å². The van der Waals surface area contributed by atoms with Gasteiger partial charge in [0, 0.05) is 6.10 Å². The molecule has 2 aliphatic carbocycles. The average Bonchev–Trinajstić information content (AvgIpc) is 2.92. The Morgan fingerprint density at radius 1 is 1.36 bits per heavy atom. The van der Waals surface area contributed by atoms with Gasteiger partial charge >= 0.3 is 0 Å². The fraction of sp³-hybridized carbons (Fsp3) is 0.941. The van der Waals surface area contributed by atoms with Crippen LogP contribution in [0.1, 0.15) is 60.3 Å². The smallest absolute Gasteiger partial charge is 0.298 e. The van der Waals surface area contributed by atoms with Gasteiger partial charge in [0.15, 0.2) is 0 Å². The summed E-state index contributed by atoms with van der Waals surface area (Å²) in [5.74, 6) is 0.785. The first kappa shape index (κ1) is 18.2. The van der Waals surface area contributed by atoms with Crippen LogP contribution >= 0.6 is 0 Å². The van der Waals surface area contributed by atoms with E-state index in [4.69, 9.17) is 8.85 Å². The Kier molecular flexibility index (Phi) is 5.60. The highest BCUT2D eigenvalue weighted by Gasteiger charge is 2.56. The zero-order valence-corrected chi connectivity index (χ0v) is 17.0. The quantitative estimate of drug-likeness (QED) is 0.680. The van der Waals surface area contributed by atoms with E-state index in [-0.39, 0.29) is 22.9 Å². The van der Waals surface area contributed by atoms with Crippen LogP contribution < -0.4 is 0 Å². The van der Waals surface area contributed by atoms with Crippen molar-refractivity contribution in [1.29, 1.82) is 0 Å². The molecule has 0 aromatic rings. The van der Waals surface area contributed by atoms with Gasteiger partial charge in [-0.15, -0.1) is 0 Å². The summed E-state index contributed by atoms with van der Waals surface area (Å²) in [5.41, 5.74) is 0.648. The van der Waals surface area contributed by atoms with E-state index in [0.29, 0.717) is 21.2 Å². The Morgan fingerprint density at radius 2 is 2.05 bits per heavy atom. The number of fused-ring (bicyclic) bond motifs is 2. The zero-order valence-electron chi connectivity index (χ0n) is 15.0. The van der Waals surface area contributed by atoms with Crippen LogP contribution in [0.15, 0.2) is 0 Å². The minimum atomic E-state index is -1.03. The molecule has 0 aromatic carbocycles. The van der Waals surface area contributed by atoms with Crippen LogP contribution in [-0.2, 0) is 13.6 Å². The van der Waals surface area contributed by atoms with Crippen LogP contribution in [0.25, 0.3) is 0 Å². The molecule has 2 saturated carbocycles. The second-order valence-corrected chi connectivity index (χ2v) is 11.9. The van der Waals surface area contributed by atoms with Gasteiger partial charge in [0.25, 0.3) is 15.0 Å². The van der Waals surface area contributed by atoms with E-state index in [9.17, 15) is 4.79 Å². The number of rotatable bonds is 6. The highest BCUT2D eigenvalue weighted by Crippen LogP contribution is 2.60. The van der Waals surface area contributed by atoms with E-state index < -0.39 is 9.04 Å². The maximum absolute atomic E-state index is 12.8. The highest BCUT2D eigenvalue weighted by atomic mass is 28.3. The van der Waals surface area contributed by atoms with E-state index in [1.54, 1.807) is 0 Å². The standard InChI is InChI=1S/C17H31O3Si2/c1-12(2)19-21-14-10-17(8-7-13(14)9-17)15(18)20-22(6)11-16(3,4)5/h12-14H,7-11H2,1-6H3. The first-order valence-electron chi connectivity index (χ1n) is 8.57. The van der Waals surface area contributed by atoms with Gasteiger partial charge in [-0.05, 0) is 69.0 Å². The van der Waals surface area contributed by atoms with Crippen LogP contribution in [0, 0.1) is 16.7 Å². The maximum atomic E-state index is 12.8. The topological polar surface area (TPSA) is 35.5 Å². The van der Waals surface area contributed by atoms with Crippen molar-refractivity contribution in [3.05, 3.63) is 0 Å². The van der Waals surface area contributed by atoms with Crippen LogP contribution in [0.4, 0.5) is 0 Å². The average molecular weight is 340 g/mol. The molecule has 0 spiro atoms. The van der Waals surface area contributed by atoms with Gasteiger partial charge in [-0.25, -0.2) is 0 Å². The first-order valence-corrected chi connectivity index (χ1v) is 11.7. The predicted octanol–water partition coefficient (Wildman–Crippen LogP) is 4.22. The second-order valence-electron chi connectivity index (χ2n) is 8.71. The summed E-state index contributed by atoms with van der Waals surface area (Å²) >= 11 is 0. The van der Waals surface area contributed by atoms with E-state index in [2.05, 4.69) is 41.2 Å². The molecule has 22 heavy (non-hydrogen) atoms. The molecule has 3 radical (unpaired) electrons. The van der Waals surface area contributed by atoms with Crippen LogP contribution in [-0.4, -0.2) is 30.9 Å². The second kappa shape index (κ2) is 6.77. The van der Waals surface area contributed by atoms with Crippen molar-refractivity contribution in [1.82, 2.24) is 0 Å². The molecule has 2 aliphatic rings. The number of hydrogen-bond donors (Lipinski definition) is 0. The van der Waals surface area contributed by atoms with Crippen molar-refractivity contribution >= 4 is 24.8 Å². The summed E-state index contributed by atoms with van der Waals surface area (Å²) in [6.07, 6.45) is 4.53. The molecule has 0 N–H and O–H groups in total. The van der Waals surface area contributed by atoms with Gasteiger partial charge in [-0.3, -0.25) is 4.79 Å². The molecule has 125 valence electrons. The third kappa shape index (κ3) is 4.45. The summed E-state index contributed by atoms with van der Waals surface area (Å²) in [4.78, 5) is 12.8. The Labute approximate surface area is 140 Å². The lowest BCUT2D eigenvalue weighted by atomic mass is 9.84. The highest BCUT2D eigenvalue weighted by molar-refractivity contribution is 6.52. The molecule has 5 heteroatoms. The Hall–Kier alpha value is -0.136. The monoisotopic (exact) mass is 339 g/mol. The van der Waals surface area contributed by atoms with Gasteiger partial charge in [0.1, 0.15) is 0 Å².